The minimum Gasteiger partial charge on any atom is -0.355 e. The van der Waals surface area contributed by atoms with Crippen LogP contribution in [0, 0.1) is 23.6 Å². The lowest BCUT2D eigenvalue weighted by molar-refractivity contribution is -0.126. The maximum absolute atomic E-state index is 13.1. The average molecular weight is 393 g/mol. The Hall–Kier alpha value is -3.66. The summed E-state index contributed by atoms with van der Waals surface area (Å²) in [4.78, 5) is 37.9. The first-order valence-electron chi connectivity index (χ1n) is 9.13. The third-order valence-corrected chi connectivity index (χ3v) is 4.61. The van der Waals surface area contributed by atoms with Gasteiger partial charge in [-0.25, -0.2) is 4.39 Å². The van der Waals surface area contributed by atoms with Crippen molar-refractivity contribution in [1.82, 2.24) is 10.6 Å². The number of rotatable bonds is 4. The zero-order chi connectivity index (χ0) is 20.8. The Kier molecular flexibility index (Phi) is 6.25. The first kappa shape index (κ1) is 20.1. The highest BCUT2D eigenvalue weighted by atomic mass is 19.1. The molecule has 1 atom stereocenters. The van der Waals surface area contributed by atoms with Gasteiger partial charge in [0, 0.05) is 31.3 Å². The Morgan fingerprint density at radius 2 is 1.90 bits per heavy atom. The highest BCUT2D eigenvalue weighted by molar-refractivity contribution is 6.00. The van der Waals surface area contributed by atoms with Gasteiger partial charge in [0.2, 0.25) is 11.8 Å². The van der Waals surface area contributed by atoms with Crippen LogP contribution in [-0.4, -0.2) is 37.9 Å². The van der Waals surface area contributed by atoms with Crippen LogP contribution in [0.15, 0.2) is 48.5 Å². The largest absolute Gasteiger partial charge is 0.355 e. The van der Waals surface area contributed by atoms with Gasteiger partial charge in [0.15, 0.2) is 0 Å². The standard InChI is InChI=1S/C22H20FN3O3/c1-24-22(29)19-7-3-2-5-15(19)6-4-12-25-21(28)16-13-20(27)26(14-16)18-10-8-17(23)9-11-18/h2-3,5,7-11,16H,12-14H2,1H3,(H,24,29)(H,25,28). The molecule has 1 fully saturated rings. The molecule has 2 aromatic rings. The Labute approximate surface area is 168 Å². The quantitative estimate of drug-likeness (QED) is 0.777. The van der Waals surface area contributed by atoms with Crippen LogP contribution >= 0.6 is 0 Å². The molecule has 0 aromatic heterocycles. The van der Waals surface area contributed by atoms with Gasteiger partial charge in [-0.3, -0.25) is 14.4 Å². The van der Waals surface area contributed by atoms with Crippen LogP contribution in [0.4, 0.5) is 10.1 Å². The summed E-state index contributed by atoms with van der Waals surface area (Å²) in [5.41, 5.74) is 1.60. The molecule has 2 aromatic carbocycles. The molecule has 29 heavy (non-hydrogen) atoms. The number of carbonyl (C=O) groups excluding carboxylic acids is 3. The van der Waals surface area contributed by atoms with Crippen LogP contribution in [-0.2, 0) is 9.59 Å². The molecular formula is C22H20FN3O3. The lowest BCUT2D eigenvalue weighted by atomic mass is 10.1. The van der Waals surface area contributed by atoms with Gasteiger partial charge in [0.25, 0.3) is 5.91 Å². The summed E-state index contributed by atoms with van der Waals surface area (Å²) in [6.07, 6.45) is 0.0934. The summed E-state index contributed by atoms with van der Waals surface area (Å²) in [5.74, 6) is 4.16. The van der Waals surface area contributed by atoms with Crippen LogP contribution in [0.1, 0.15) is 22.3 Å². The Balaban J connectivity index is 1.58. The van der Waals surface area contributed by atoms with E-state index in [0.29, 0.717) is 16.8 Å². The van der Waals surface area contributed by atoms with Gasteiger partial charge >= 0.3 is 0 Å². The van der Waals surface area contributed by atoms with E-state index in [4.69, 9.17) is 0 Å². The topological polar surface area (TPSA) is 78.5 Å². The number of nitrogens with zero attached hydrogens (tertiary/aromatic N) is 1. The van der Waals surface area contributed by atoms with Crippen molar-refractivity contribution >= 4 is 23.4 Å². The predicted octanol–water partition coefficient (Wildman–Crippen LogP) is 1.71. The monoisotopic (exact) mass is 393 g/mol. The highest BCUT2D eigenvalue weighted by Crippen LogP contribution is 2.25. The summed E-state index contributed by atoms with van der Waals surface area (Å²) in [6.45, 7) is 0.339. The van der Waals surface area contributed by atoms with Crippen molar-refractivity contribution in [3.63, 3.8) is 0 Å². The van der Waals surface area contributed by atoms with E-state index in [0.717, 1.165) is 0 Å². The third-order valence-electron chi connectivity index (χ3n) is 4.61. The molecule has 0 radical (unpaired) electrons. The lowest BCUT2D eigenvalue weighted by Gasteiger charge is -2.16. The van der Waals surface area contributed by atoms with Gasteiger partial charge in [-0.15, -0.1) is 0 Å². The predicted molar refractivity (Wildman–Crippen MR) is 107 cm³/mol. The normalized spacial score (nSPS) is 15.4. The second-order valence-corrected chi connectivity index (χ2v) is 6.53. The van der Waals surface area contributed by atoms with Gasteiger partial charge in [-0.2, -0.15) is 0 Å². The lowest BCUT2D eigenvalue weighted by Crippen LogP contribution is -2.33. The fourth-order valence-electron chi connectivity index (χ4n) is 3.09. The number of anilines is 1. The van der Waals surface area contributed by atoms with Crippen molar-refractivity contribution in [3.05, 3.63) is 65.5 Å². The van der Waals surface area contributed by atoms with E-state index in [1.165, 1.54) is 29.2 Å². The zero-order valence-electron chi connectivity index (χ0n) is 15.9. The smallest absolute Gasteiger partial charge is 0.252 e. The molecule has 1 unspecified atom stereocenters. The minimum atomic E-state index is -0.493. The van der Waals surface area contributed by atoms with E-state index in [2.05, 4.69) is 22.5 Å². The molecular weight excluding hydrogens is 373 g/mol. The molecule has 2 N–H and O–H groups in total. The summed E-state index contributed by atoms with van der Waals surface area (Å²) < 4.78 is 13.1. The van der Waals surface area contributed by atoms with E-state index in [-0.39, 0.29) is 43.0 Å². The number of hydrogen-bond acceptors (Lipinski definition) is 3. The van der Waals surface area contributed by atoms with Crippen molar-refractivity contribution in [3.8, 4) is 11.8 Å². The van der Waals surface area contributed by atoms with Gasteiger partial charge in [-0.05, 0) is 36.4 Å². The van der Waals surface area contributed by atoms with E-state index >= 15 is 0 Å². The van der Waals surface area contributed by atoms with Gasteiger partial charge < -0.3 is 15.5 Å². The van der Waals surface area contributed by atoms with Crippen molar-refractivity contribution < 1.29 is 18.8 Å². The zero-order valence-corrected chi connectivity index (χ0v) is 15.9. The summed E-state index contributed by atoms with van der Waals surface area (Å²) >= 11 is 0. The molecule has 6 nitrogen and oxygen atoms in total. The number of benzene rings is 2. The molecule has 1 aliphatic heterocycles. The van der Waals surface area contributed by atoms with Crippen molar-refractivity contribution in [1.29, 1.82) is 0 Å². The van der Waals surface area contributed by atoms with Crippen LogP contribution in [0.2, 0.25) is 0 Å². The molecule has 0 saturated carbocycles. The molecule has 0 spiro atoms. The minimum absolute atomic E-state index is 0.0934. The van der Waals surface area contributed by atoms with Crippen LogP contribution in [0.25, 0.3) is 0 Å². The van der Waals surface area contributed by atoms with Gasteiger partial charge in [0.05, 0.1) is 18.0 Å². The summed E-state index contributed by atoms with van der Waals surface area (Å²) in [7, 11) is 1.55. The van der Waals surface area contributed by atoms with Crippen LogP contribution in [0.3, 0.4) is 0 Å². The van der Waals surface area contributed by atoms with E-state index in [9.17, 15) is 18.8 Å². The number of hydrogen-bond donors (Lipinski definition) is 2. The molecule has 1 heterocycles. The number of nitrogens with one attached hydrogen (secondary N) is 2. The molecule has 1 aliphatic rings. The van der Waals surface area contributed by atoms with Crippen molar-refractivity contribution in [2.75, 3.05) is 25.0 Å². The highest BCUT2D eigenvalue weighted by Gasteiger charge is 2.34. The summed E-state index contributed by atoms with van der Waals surface area (Å²) in [6, 6.07) is 12.5. The number of halogens is 1. The van der Waals surface area contributed by atoms with Gasteiger partial charge in [0.1, 0.15) is 5.82 Å². The second-order valence-electron chi connectivity index (χ2n) is 6.53. The molecule has 148 valence electrons. The molecule has 7 heteroatoms. The maximum Gasteiger partial charge on any atom is 0.252 e. The number of carbonyl (C=O) groups is 3. The van der Waals surface area contributed by atoms with Crippen LogP contribution in [0.5, 0.6) is 0 Å². The molecule has 3 amide bonds. The fourth-order valence-corrected chi connectivity index (χ4v) is 3.09. The fraction of sp³-hybridized carbons (Fsp3) is 0.227. The first-order valence-corrected chi connectivity index (χ1v) is 9.13. The average Bonchev–Trinajstić information content (AvgIpc) is 3.13. The molecule has 1 saturated heterocycles. The maximum atomic E-state index is 13.1. The Bertz CT molecular complexity index is 992. The van der Waals surface area contributed by atoms with Crippen molar-refractivity contribution in [2.45, 2.75) is 6.42 Å². The van der Waals surface area contributed by atoms with Crippen molar-refractivity contribution in [2.24, 2.45) is 5.92 Å². The van der Waals surface area contributed by atoms with E-state index in [1.54, 1.807) is 31.3 Å². The van der Waals surface area contributed by atoms with Gasteiger partial charge in [-0.1, -0.05) is 24.0 Å². The van der Waals surface area contributed by atoms with E-state index < -0.39 is 5.92 Å². The molecule has 0 bridgehead atoms. The Morgan fingerprint density at radius 1 is 1.17 bits per heavy atom. The third kappa shape index (κ3) is 4.79. The second kappa shape index (κ2) is 9.02. The Morgan fingerprint density at radius 3 is 2.62 bits per heavy atom. The first-order chi connectivity index (χ1) is 14.0. The number of amides is 3. The SMILES string of the molecule is CNC(=O)c1ccccc1C#CCNC(=O)C1CC(=O)N(c2ccc(F)cc2)C1. The van der Waals surface area contributed by atoms with E-state index in [1.807, 2.05) is 0 Å². The molecule has 0 aliphatic carbocycles. The molecule has 3 rings (SSSR count). The van der Waals surface area contributed by atoms with Crippen LogP contribution < -0.4 is 15.5 Å². The summed E-state index contributed by atoms with van der Waals surface area (Å²) in [5, 5.41) is 5.27.